The van der Waals surface area contributed by atoms with Crippen molar-refractivity contribution in [2.75, 3.05) is 0 Å². The van der Waals surface area contributed by atoms with E-state index in [1.54, 1.807) is 6.20 Å². The molecule has 0 amide bonds. The highest BCUT2D eigenvalue weighted by molar-refractivity contribution is 7.80. The van der Waals surface area contributed by atoms with Crippen molar-refractivity contribution in [3.05, 3.63) is 54.4 Å². The molecule has 1 aromatic rings. The van der Waals surface area contributed by atoms with Gasteiger partial charge < -0.3 is 0 Å². The molecule has 0 unspecified atom stereocenters. The van der Waals surface area contributed by atoms with Gasteiger partial charge in [-0.1, -0.05) is 30.4 Å². The van der Waals surface area contributed by atoms with Crippen LogP contribution in [0.15, 0.2) is 53.7 Å². The third kappa shape index (κ3) is 3.76. The van der Waals surface area contributed by atoms with Crippen LogP contribution in [0.25, 0.3) is 5.57 Å². The molecule has 0 radical (unpaired) electrons. The highest BCUT2D eigenvalue weighted by Crippen LogP contribution is 2.16. The summed E-state index contributed by atoms with van der Waals surface area (Å²) >= 11 is 4.25. The van der Waals surface area contributed by atoms with E-state index in [9.17, 15) is 0 Å². The Morgan fingerprint density at radius 2 is 2.07 bits per heavy atom. The van der Waals surface area contributed by atoms with Crippen molar-refractivity contribution < 1.29 is 0 Å². The fourth-order valence-corrected chi connectivity index (χ4v) is 1.27. The van der Waals surface area contributed by atoms with Gasteiger partial charge in [0, 0.05) is 17.3 Å². The SMILES string of the molecule is C=C/C(C)=C\C=C(/C)c1cncc(S)c1. The molecule has 0 fully saturated rings. The Bertz CT molecular complexity index is 416. The molecule has 0 spiro atoms. The van der Waals surface area contributed by atoms with Crippen LogP contribution in [0.1, 0.15) is 19.4 Å². The molecule has 0 atom stereocenters. The lowest BCUT2D eigenvalue weighted by Gasteiger charge is -2.00. The smallest absolute Gasteiger partial charge is 0.0401 e. The van der Waals surface area contributed by atoms with Gasteiger partial charge in [-0.25, -0.2) is 0 Å². The van der Waals surface area contributed by atoms with E-state index in [-0.39, 0.29) is 0 Å². The Kier molecular flexibility index (Phi) is 4.37. The Morgan fingerprint density at radius 3 is 2.67 bits per heavy atom. The first-order valence-corrected chi connectivity index (χ1v) is 5.20. The zero-order chi connectivity index (χ0) is 11.3. The summed E-state index contributed by atoms with van der Waals surface area (Å²) in [7, 11) is 0. The van der Waals surface area contributed by atoms with Crippen LogP contribution < -0.4 is 0 Å². The lowest BCUT2D eigenvalue weighted by molar-refractivity contribution is 1.22. The molecule has 15 heavy (non-hydrogen) atoms. The number of hydrogen-bond donors (Lipinski definition) is 1. The number of thiol groups is 1. The molecule has 0 aliphatic rings. The van der Waals surface area contributed by atoms with E-state index in [4.69, 9.17) is 0 Å². The molecule has 1 heterocycles. The van der Waals surface area contributed by atoms with Gasteiger partial charge in [-0.3, -0.25) is 4.98 Å². The van der Waals surface area contributed by atoms with Crippen molar-refractivity contribution >= 4 is 18.2 Å². The zero-order valence-electron chi connectivity index (χ0n) is 9.07. The molecule has 1 nitrogen and oxygen atoms in total. The third-order valence-electron chi connectivity index (χ3n) is 2.10. The van der Waals surface area contributed by atoms with Crippen molar-refractivity contribution in [2.24, 2.45) is 0 Å². The first-order chi connectivity index (χ1) is 7.13. The van der Waals surface area contributed by atoms with Crippen molar-refractivity contribution in [1.82, 2.24) is 4.98 Å². The Morgan fingerprint density at radius 1 is 1.33 bits per heavy atom. The second kappa shape index (κ2) is 5.56. The average Bonchev–Trinajstić information content (AvgIpc) is 2.25. The van der Waals surface area contributed by atoms with Crippen LogP contribution in [-0.4, -0.2) is 4.98 Å². The Hall–Kier alpha value is -1.28. The van der Waals surface area contributed by atoms with Gasteiger partial charge in [-0.15, -0.1) is 12.6 Å². The van der Waals surface area contributed by atoms with E-state index in [1.807, 2.05) is 31.3 Å². The summed E-state index contributed by atoms with van der Waals surface area (Å²) in [5.41, 5.74) is 3.40. The zero-order valence-corrected chi connectivity index (χ0v) is 9.96. The predicted molar refractivity (Wildman–Crippen MR) is 69.1 cm³/mol. The van der Waals surface area contributed by atoms with Crippen molar-refractivity contribution in [3.63, 3.8) is 0 Å². The number of hydrogen-bond acceptors (Lipinski definition) is 2. The summed E-state index contributed by atoms with van der Waals surface area (Å²) in [5, 5.41) is 0. The van der Waals surface area contributed by atoms with E-state index in [0.717, 1.165) is 16.0 Å². The van der Waals surface area contributed by atoms with Gasteiger partial charge in [0.2, 0.25) is 0 Å². The van der Waals surface area contributed by atoms with Crippen molar-refractivity contribution in [3.8, 4) is 0 Å². The number of pyridine rings is 1. The number of aromatic nitrogens is 1. The minimum absolute atomic E-state index is 0.879. The lowest BCUT2D eigenvalue weighted by atomic mass is 10.1. The summed E-state index contributed by atoms with van der Waals surface area (Å²) in [4.78, 5) is 4.97. The van der Waals surface area contributed by atoms with Gasteiger partial charge in [0.25, 0.3) is 0 Å². The fraction of sp³-hybridized carbons (Fsp3) is 0.154. The van der Waals surface area contributed by atoms with Crippen molar-refractivity contribution in [2.45, 2.75) is 18.7 Å². The van der Waals surface area contributed by atoms with E-state index in [1.165, 1.54) is 5.57 Å². The van der Waals surface area contributed by atoms with E-state index in [0.29, 0.717) is 0 Å². The molecule has 2 heteroatoms. The van der Waals surface area contributed by atoms with Crippen LogP contribution in [-0.2, 0) is 0 Å². The number of nitrogens with zero attached hydrogens (tertiary/aromatic N) is 1. The second-order valence-corrected chi connectivity index (χ2v) is 3.91. The Balaban J connectivity index is 2.94. The topological polar surface area (TPSA) is 12.9 Å². The molecule has 0 aromatic carbocycles. The van der Waals surface area contributed by atoms with Crippen LogP contribution in [0.4, 0.5) is 0 Å². The van der Waals surface area contributed by atoms with Crippen LogP contribution in [0.5, 0.6) is 0 Å². The molecule has 0 aliphatic heterocycles. The summed E-state index contributed by atoms with van der Waals surface area (Å²) in [6.07, 6.45) is 9.49. The van der Waals surface area contributed by atoms with Crippen LogP contribution >= 0.6 is 12.6 Å². The average molecular weight is 217 g/mol. The highest BCUT2D eigenvalue weighted by Gasteiger charge is 1.95. The standard InChI is InChI=1S/C13H15NS/c1-4-10(2)5-6-11(3)12-7-13(15)9-14-8-12/h4-9,15H,1H2,2-3H3/b10-5-,11-6+. The predicted octanol–water partition coefficient (Wildman–Crippen LogP) is 3.91. The second-order valence-electron chi connectivity index (χ2n) is 3.40. The maximum Gasteiger partial charge on any atom is 0.0401 e. The van der Waals surface area contributed by atoms with Crippen LogP contribution in [0.2, 0.25) is 0 Å². The van der Waals surface area contributed by atoms with E-state index in [2.05, 4.69) is 37.2 Å². The monoisotopic (exact) mass is 217 g/mol. The van der Waals surface area contributed by atoms with Gasteiger partial charge in [-0.05, 0) is 31.1 Å². The fourth-order valence-electron chi connectivity index (χ4n) is 1.06. The molecule has 1 rings (SSSR count). The molecule has 0 saturated heterocycles. The third-order valence-corrected chi connectivity index (χ3v) is 2.34. The quantitative estimate of drug-likeness (QED) is 0.598. The first-order valence-electron chi connectivity index (χ1n) is 4.75. The highest BCUT2D eigenvalue weighted by atomic mass is 32.1. The summed E-state index contributed by atoms with van der Waals surface area (Å²) < 4.78 is 0. The number of rotatable bonds is 3. The molecular weight excluding hydrogens is 202 g/mol. The van der Waals surface area contributed by atoms with Gasteiger partial charge in [-0.2, -0.15) is 0 Å². The molecule has 1 aromatic heterocycles. The maximum absolute atomic E-state index is 4.25. The molecule has 78 valence electrons. The van der Waals surface area contributed by atoms with Gasteiger partial charge in [0.05, 0.1) is 0 Å². The van der Waals surface area contributed by atoms with Gasteiger partial charge >= 0.3 is 0 Å². The Labute approximate surface area is 96.7 Å². The molecular formula is C13H15NS. The summed E-state index contributed by atoms with van der Waals surface area (Å²) in [5.74, 6) is 0. The molecule has 0 saturated carbocycles. The molecule has 0 aliphatic carbocycles. The minimum Gasteiger partial charge on any atom is -0.263 e. The molecule has 0 N–H and O–H groups in total. The number of allylic oxidation sites excluding steroid dienone is 5. The lowest BCUT2D eigenvalue weighted by Crippen LogP contribution is -1.82. The summed E-state index contributed by atoms with van der Waals surface area (Å²) in [6, 6.07) is 2.00. The summed E-state index contributed by atoms with van der Waals surface area (Å²) in [6.45, 7) is 7.77. The van der Waals surface area contributed by atoms with Crippen LogP contribution in [0, 0.1) is 0 Å². The van der Waals surface area contributed by atoms with Gasteiger partial charge in [0.15, 0.2) is 0 Å². The van der Waals surface area contributed by atoms with Gasteiger partial charge in [0.1, 0.15) is 0 Å². The maximum atomic E-state index is 4.25. The molecule has 0 bridgehead atoms. The largest absolute Gasteiger partial charge is 0.263 e. The van der Waals surface area contributed by atoms with E-state index >= 15 is 0 Å². The normalized spacial score (nSPS) is 12.7. The van der Waals surface area contributed by atoms with E-state index < -0.39 is 0 Å². The first kappa shape index (κ1) is 11.8. The van der Waals surface area contributed by atoms with Crippen LogP contribution in [0.3, 0.4) is 0 Å². The van der Waals surface area contributed by atoms with Crippen molar-refractivity contribution in [1.29, 1.82) is 0 Å². The minimum atomic E-state index is 0.879.